The van der Waals surface area contributed by atoms with Gasteiger partial charge in [0.1, 0.15) is 5.75 Å². The number of allylic oxidation sites excluding steroid dienone is 4. The molecule has 0 radical (unpaired) electrons. The van der Waals surface area contributed by atoms with E-state index in [4.69, 9.17) is 4.74 Å². The van der Waals surface area contributed by atoms with Gasteiger partial charge in [0, 0.05) is 0 Å². The Morgan fingerprint density at radius 2 is 1.44 bits per heavy atom. The van der Waals surface area contributed by atoms with Crippen molar-refractivity contribution >= 4 is 29.4 Å². The molecule has 3 aromatic carbocycles. The highest BCUT2D eigenvalue weighted by molar-refractivity contribution is 7.80. The molecule has 0 amide bonds. The van der Waals surface area contributed by atoms with Gasteiger partial charge in [0.15, 0.2) is 0 Å². The minimum absolute atomic E-state index is 0.663. The molecule has 0 saturated carbocycles. The first kappa shape index (κ1) is 17.8. The number of ether oxygens (including phenoxy) is 1. The monoisotopic (exact) mass is 370 g/mol. The molecule has 0 aliphatic heterocycles. The van der Waals surface area contributed by atoms with Crippen LogP contribution >= 0.6 is 7.92 Å². The SMILES string of the molecule is COc1ccc(C2=CC(C)=CC2)c(P(c2ccccc2)c2ccccc2)c1. The van der Waals surface area contributed by atoms with Gasteiger partial charge in [-0.15, -0.1) is 0 Å². The summed E-state index contributed by atoms with van der Waals surface area (Å²) >= 11 is 0. The molecular weight excluding hydrogens is 347 g/mol. The van der Waals surface area contributed by atoms with E-state index in [1.807, 2.05) is 0 Å². The Bertz CT molecular complexity index is 948. The Morgan fingerprint density at radius 1 is 0.815 bits per heavy atom. The maximum absolute atomic E-state index is 5.59. The fraction of sp³-hybridized carbons (Fsp3) is 0.120. The van der Waals surface area contributed by atoms with Gasteiger partial charge in [0.25, 0.3) is 0 Å². The molecule has 0 atom stereocenters. The van der Waals surface area contributed by atoms with Gasteiger partial charge in [-0.25, -0.2) is 0 Å². The van der Waals surface area contributed by atoms with Gasteiger partial charge in [-0.1, -0.05) is 84.5 Å². The van der Waals surface area contributed by atoms with Crippen LogP contribution in [0.25, 0.3) is 5.57 Å². The second-order valence-corrected chi connectivity index (χ2v) is 8.90. The first-order chi connectivity index (χ1) is 13.3. The van der Waals surface area contributed by atoms with Crippen LogP contribution in [0.2, 0.25) is 0 Å². The van der Waals surface area contributed by atoms with Crippen molar-refractivity contribution in [1.82, 2.24) is 0 Å². The van der Waals surface area contributed by atoms with E-state index in [2.05, 4.69) is 97.9 Å². The lowest BCUT2D eigenvalue weighted by atomic mass is 10.0. The summed E-state index contributed by atoms with van der Waals surface area (Å²) in [7, 11) is 1.08. The van der Waals surface area contributed by atoms with Crippen LogP contribution in [-0.4, -0.2) is 7.11 Å². The number of hydrogen-bond donors (Lipinski definition) is 0. The lowest BCUT2D eigenvalue weighted by Crippen LogP contribution is -2.23. The van der Waals surface area contributed by atoms with Crippen molar-refractivity contribution in [2.75, 3.05) is 7.11 Å². The summed E-state index contributed by atoms with van der Waals surface area (Å²) < 4.78 is 5.59. The summed E-state index contributed by atoms with van der Waals surface area (Å²) in [6.45, 7) is 2.17. The molecule has 2 heteroatoms. The molecule has 0 spiro atoms. The molecule has 0 saturated heterocycles. The highest BCUT2D eigenvalue weighted by Gasteiger charge is 2.22. The third-order valence-corrected chi connectivity index (χ3v) is 7.35. The molecule has 134 valence electrons. The third kappa shape index (κ3) is 3.75. The van der Waals surface area contributed by atoms with E-state index in [1.54, 1.807) is 7.11 Å². The topological polar surface area (TPSA) is 9.23 Å². The summed E-state index contributed by atoms with van der Waals surface area (Å²) in [5, 5.41) is 4.07. The van der Waals surface area contributed by atoms with Crippen molar-refractivity contribution in [1.29, 1.82) is 0 Å². The molecule has 0 fully saturated rings. The number of rotatable bonds is 5. The molecule has 1 nitrogen and oxygen atoms in total. The van der Waals surface area contributed by atoms with Gasteiger partial charge in [-0.3, -0.25) is 0 Å². The van der Waals surface area contributed by atoms with Gasteiger partial charge in [0.2, 0.25) is 0 Å². The predicted molar refractivity (Wildman–Crippen MR) is 118 cm³/mol. The number of methoxy groups -OCH3 is 1. The van der Waals surface area contributed by atoms with Crippen molar-refractivity contribution in [3.63, 3.8) is 0 Å². The molecule has 1 aliphatic carbocycles. The second-order valence-electron chi connectivity index (χ2n) is 6.71. The van der Waals surface area contributed by atoms with E-state index in [1.165, 1.54) is 32.6 Å². The normalized spacial score (nSPS) is 13.4. The van der Waals surface area contributed by atoms with Crippen molar-refractivity contribution in [3.05, 3.63) is 102 Å². The maximum atomic E-state index is 5.59. The van der Waals surface area contributed by atoms with Crippen molar-refractivity contribution in [3.8, 4) is 5.75 Å². The van der Waals surface area contributed by atoms with Gasteiger partial charge < -0.3 is 4.74 Å². The Balaban J connectivity index is 1.93. The molecule has 27 heavy (non-hydrogen) atoms. The van der Waals surface area contributed by atoms with Crippen LogP contribution in [0.3, 0.4) is 0 Å². The van der Waals surface area contributed by atoms with E-state index in [9.17, 15) is 0 Å². The Kier molecular flexibility index (Phi) is 5.23. The van der Waals surface area contributed by atoms with Crippen LogP contribution in [0.5, 0.6) is 5.75 Å². The summed E-state index contributed by atoms with van der Waals surface area (Å²) in [6, 6.07) is 28.2. The first-order valence-electron chi connectivity index (χ1n) is 9.22. The summed E-state index contributed by atoms with van der Waals surface area (Å²) in [5.74, 6) is 0.913. The lowest BCUT2D eigenvalue weighted by Gasteiger charge is -2.23. The largest absolute Gasteiger partial charge is 0.497 e. The van der Waals surface area contributed by atoms with Gasteiger partial charge in [-0.2, -0.15) is 0 Å². The number of hydrogen-bond acceptors (Lipinski definition) is 1. The van der Waals surface area contributed by atoms with Crippen LogP contribution in [0, 0.1) is 0 Å². The van der Waals surface area contributed by atoms with E-state index >= 15 is 0 Å². The zero-order chi connectivity index (χ0) is 18.6. The molecule has 0 heterocycles. The number of benzene rings is 3. The molecular formula is C25H23OP. The molecule has 4 rings (SSSR count). The van der Waals surface area contributed by atoms with E-state index in [0.717, 1.165) is 12.2 Å². The van der Waals surface area contributed by atoms with Crippen LogP contribution in [-0.2, 0) is 0 Å². The predicted octanol–water partition coefficient (Wildman–Crippen LogP) is 5.19. The highest BCUT2D eigenvalue weighted by atomic mass is 31.1. The molecule has 0 aromatic heterocycles. The average Bonchev–Trinajstić information content (AvgIpc) is 3.16. The van der Waals surface area contributed by atoms with Crippen LogP contribution < -0.4 is 20.7 Å². The van der Waals surface area contributed by atoms with Gasteiger partial charge >= 0.3 is 0 Å². The zero-order valence-electron chi connectivity index (χ0n) is 15.7. The summed E-state index contributed by atoms with van der Waals surface area (Å²) in [6.07, 6.45) is 5.61. The second kappa shape index (κ2) is 7.94. The molecule has 3 aromatic rings. The lowest BCUT2D eigenvalue weighted by molar-refractivity contribution is 0.415. The molecule has 0 N–H and O–H groups in total. The summed E-state index contributed by atoms with van der Waals surface area (Å²) in [5.41, 5.74) is 4.07. The van der Waals surface area contributed by atoms with Crippen LogP contribution in [0.15, 0.2) is 96.6 Å². The standard InChI is InChI=1S/C25H23OP/c1-19-13-14-20(17-19)24-16-15-21(26-2)18-25(24)27(22-9-5-3-6-10-22)23-11-7-4-8-12-23/h3-13,15-18H,14H2,1-2H3. The minimum atomic E-state index is -0.663. The van der Waals surface area contributed by atoms with Gasteiger partial charge in [0.05, 0.1) is 7.11 Å². The molecule has 0 unspecified atom stereocenters. The molecule has 0 bridgehead atoms. The Hall–Kier alpha value is -2.63. The van der Waals surface area contributed by atoms with Crippen molar-refractivity contribution in [2.24, 2.45) is 0 Å². The fourth-order valence-corrected chi connectivity index (χ4v) is 6.04. The van der Waals surface area contributed by atoms with E-state index < -0.39 is 7.92 Å². The Labute approximate surface area is 162 Å². The summed E-state index contributed by atoms with van der Waals surface area (Å²) in [4.78, 5) is 0. The third-order valence-electron chi connectivity index (χ3n) is 4.87. The fourth-order valence-electron chi connectivity index (χ4n) is 3.53. The minimum Gasteiger partial charge on any atom is -0.497 e. The Morgan fingerprint density at radius 3 is 1.96 bits per heavy atom. The molecule has 1 aliphatic rings. The highest BCUT2D eigenvalue weighted by Crippen LogP contribution is 2.39. The van der Waals surface area contributed by atoms with Crippen molar-refractivity contribution in [2.45, 2.75) is 13.3 Å². The maximum Gasteiger partial charge on any atom is 0.119 e. The quantitative estimate of drug-likeness (QED) is 0.562. The van der Waals surface area contributed by atoms with Gasteiger partial charge in [-0.05, 0) is 60.4 Å². The smallest absolute Gasteiger partial charge is 0.119 e. The van der Waals surface area contributed by atoms with E-state index in [0.29, 0.717) is 0 Å². The van der Waals surface area contributed by atoms with Crippen LogP contribution in [0.1, 0.15) is 18.9 Å². The average molecular weight is 370 g/mol. The zero-order valence-corrected chi connectivity index (χ0v) is 16.6. The first-order valence-corrected chi connectivity index (χ1v) is 10.6. The van der Waals surface area contributed by atoms with Crippen molar-refractivity contribution < 1.29 is 4.74 Å². The van der Waals surface area contributed by atoms with E-state index in [-0.39, 0.29) is 0 Å². The van der Waals surface area contributed by atoms with Crippen LogP contribution in [0.4, 0.5) is 0 Å².